The minimum atomic E-state index is -0.000164. The van der Waals surface area contributed by atoms with Crippen LogP contribution in [-0.4, -0.2) is 13.0 Å². The molecule has 0 aliphatic rings. The zero-order valence-corrected chi connectivity index (χ0v) is 10.7. The summed E-state index contributed by atoms with van der Waals surface area (Å²) in [6.07, 6.45) is 0. The van der Waals surface area contributed by atoms with Gasteiger partial charge in [0.05, 0.1) is 13.0 Å². The molecule has 2 aromatic rings. The molecule has 92 valence electrons. The van der Waals surface area contributed by atoms with Gasteiger partial charge in [-0.2, -0.15) is 0 Å². The van der Waals surface area contributed by atoms with E-state index in [-0.39, 0.29) is 5.92 Å². The molecule has 1 atom stereocenters. The number of hydrogen-bond acceptors (Lipinski definition) is 2. The second kappa shape index (κ2) is 5.50. The molecular weight excluding hydrogens is 222 g/mol. The average molecular weight is 239 g/mol. The molecule has 0 aromatic heterocycles. The fraction of sp³-hybridized carbons (Fsp3) is 0.188. The molecule has 0 fully saturated rings. The van der Waals surface area contributed by atoms with E-state index in [0.717, 1.165) is 5.56 Å². The molecule has 0 heterocycles. The third-order valence-corrected chi connectivity index (χ3v) is 3.13. The van der Waals surface area contributed by atoms with Crippen LogP contribution in [0.1, 0.15) is 18.4 Å². The SMILES string of the molecule is COC(=N)C(C)c1ccc(-c2ccccc2)cc1. The van der Waals surface area contributed by atoms with Crippen molar-refractivity contribution in [2.75, 3.05) is 7.11 Å². The van der Waals surface area contributed by atoms with Crippen molar-refractivity contribution in [1.82, 2.24) is 0 Å². The molecule has 2 nitrogen and oxygen atoms in total. The Labute approximate surface area is 108 Å². The van der Waals surface area contributed by atoms with Crippen LogP contribution in [0.15, 0.2) is 54.6 Å². The van der Waals surface area contributed by atoms with Crippen molar-refractivity contribution in [3.8, 4) is 11.1 Å². The van der Waals surface area contributed by atoms with Crippen molar-refractivity contribution in [1.29, 1.82) is 5.41 Å². The van der Waals surface area contributed by atoms with Crippen LogP contribution in [0.25, 0.3) is 11.1 Å². The number of ether oxygens (including phenoxy) is 1. The van der Waals surface area contributed by atoms with Gasteiger partial charge < -0.3 is 4.74 Å². The maximum Gasteiger partial charge on any atom is 0.187 e. The molecule has 2 heteroatoms. The second-order valence-electron chi connectivity index (χ2n) is 4.28. The largest absolute Gasteiger partial charge is 0.484 e. The van der Waals surface area contributed by atoms with E-state index in [1.54, 1.807) is 0 Å². The first-order valence-corrected chi connectivity index (χ1v) is 6.00. The molecule has 1 unspecified atom stereocenters. The summed E-state index contributed by atoms with van der Waals surface area (Å²) < 4.78 is 4.96. The third kappa shape index (κ3) is 2.59. The van der Waals surface area contributed by atoms with E-state index in [9.17, 15) is 0 Å². The molecule has 0 spiro atoms. The highest BCUT2D eigenvalue weighted by Crippen LogP contribution is 2.23. The van der Waals surface area contributed by atoms with Crippen LogP contribution in [0.2, 0.25) is 0 Å². The minimum Gasteiger partial charge on any atom is -0.484 e. The lowest BCUT2D eigenvalue weighted by molar-refractivity contribution is 0.380. The quantitative estimate of drug-likeness (QED) is 0.635. The van der Waals surface area contributed by atoms with Gasteiger partial charge in [0.1, 0.15) is 0 Å². The molecule has 0 radical (unpaired) electrons. The highest BCUT2D eigenvalue weighted by Gasteiger charge is 2.11. The van der Waals surface area contributed by atoms with E-state index in [1.807, 2.05) is 25.1 Å². The van der Waals surface area contributed by atoms with E-state index in [1.165, 1.54) is 18.2 Å². The molecule has 1 N–H and O–H groups in total. The standard InChI is InChI=1S/C16H17NO/c1-12(16(17)18-2)13-8-10-15(11-9-13)14-6-4-3-5-7-14/h3-12,17H,1-2H3. The van der Waals surface area contributed by atoms with Crippen LogP contribution in [0, 0.1) is 5.41 Å². The normalized spacial score (nSPS) is 11.9. The van der Waals surface area contributed by atoms with Crippen LogP contribution in [0.5, 0.6) is 0 Å². The first-order chi connectivity index (χ1) is 8.72. The highest BCUT2D eigenvalue weighted by molar-refractivity contribution is 5.80. The fourth-order valence-electron chi connectivity index (χ4n) is 1.92. The summed E-state index contributed by atoms with van der Waals surface area (Å²) in [5.74, 6) is 0.294. The fourth-order valence-corrected chi connectivity index (χ4v) is 1.92. The summed E-state index contributed by atoms with van der Waals surface area (Å²) in [7, 11) is 1.54. The molecule has 0 bridgehead atoms. The lowest BCUT2D eigenvalue weighted by Gasteiger charge is -2.12. The van der Waals surface area contributed by atoms with Crippen molar-refractivity contribution in [3.63, 3.8) is 0 Å². The minimum absolute atomic E-state index is 0.000164. The van der Waals surface area contributed by atoms with Gasteiger partial charge in [0.2, 0.25) is 0 Å². The topological polar surface area (TPSA) is 33.1 Å². The summed E-state index contributed by atoms with van der Waals surface area (Å²) in [6, 6.07) is 18.6. The van der Waals surface area contributed by atoms with Gasteiger partial charge in [-0.15, -0.1) is 0 Å². The van der Waals surface area contributed by atoms with Crippen LogP contribution in [-0.2, 0) is 4.74 Å². The Morgan fingerprint density at radius 2 is 1.50 bits per heavy atom. The highest BCUT2D eigenvalue weighted by atomic mass is 16.5. The first kappa shape index (κ1) is 12.4. The van der Waals surface area contributed by atoms with Gasteiger partial charge in [0.25, 0.3) is 0 Å². The zero-order valence-electron chi connectivity index (χ0n) is 10.7. The molecule has 2 rings (SSSR count). The van der Waals surface area contributed by atoms with Crippen molar-refractivity contribution < 1.29 is 4.74 Å². The summed E-state index contributed by atoms with van der Waals surface area (Å²) in [4.78, 5) is 0. The first-order valence-electron chi connectivity index (χ1n) is 6.00. The number of rotatable bonds is 3. The van der Waals surface area contributed by atoms with Crippen LogP contribution < -0.4 is 0 Å². The van der Waals surface area contributed by atoms with Gasteiger partial charge >= 0.3 is 0 Å². The monoisotopic (exact) mass is 239 g/mol. The summed E-state index contributed by atoms with van der Waals surface area (Å²) in [5.41, 5.74) is 3.50. The number of methoxy groups -OCH3 is 1. The van der Waals surface area contributed by atoms with Crippen molar-refractivity contribution in [3.05, 3.63) is 60.2 Å². The molecule has 0 saturated heterocycles. The van der Waals surface area contributed by atoms with Crippen LogP contribution in [0.4, 0.5) is 0 Å². The van der Waals surface area contributed by atoms with Gasteiger partial charge in [-0.05, 0) is 23.6 Å². The Morgan fingerprint density at radius 1 is 0.944 bits per heavy atom. The maximum absolute atomic E-state index is 7.68. The Morgan fingerprint density at radius 3 is 2.06 bits per heavy atom. The van der Waals surface area contributed by atoms with E-state index in [0.29, 0.717) is 5.90 Å². The molecule has 2 aromatic carbocycles. The van der Waals surface area contributed by atoms with Gasteiger partial charge in [0.15, 0.2) is 5.90 Å². The molecule has 0 amide bonds. The zero-order chi connectivity index (χ0) is 13.0. The lowest BCUT2D eigenvalue weighted by atomic mass is 9.97. The van der Waals surface area contributed by atoms with E-state index in [4.69, 9.17) is 10.1 Å². The Hall–Kier alpha value is -2.09. The Kier molecular flexibility index (Phi) is 3.78. The van der Waals surface area contributed by atoms with Crippen LogP contribution in [0.3, 0.4) is 0 Å². The number of benzene rings is 2. The molecule has 18 heavy (non-hydrogen) atoms. The van der Waals surface area contributed by atoms with Gasteiger partial charge in [-0.3, -0.25) is 5.41 Å². The van der Waals surface area contributed by atoms with E-state index < -0.39 is 0 Å². The molecule has 0 aliphatic heterocycles. The third-order valence-electron chi connectivity index (χ3n) is 3.13. The van der Waals surface area contributed by atoms with Gasteiger partial charge in [0, 0.05) is 0 Å². The number of nitrogens with one attached hydrogen (secondary N) is 1. The van der Waals surface area contributed by atoms with E-state index in [2.05, 4.69) is 36.4 Å². The Bertz CT molecular complexity index is 517. The predicted octanol–water partition coefficient (Wildman–Crippen LogP) is 4.08. The summed E-state index contributed by atoms with van der Waals surface area (Å²) in [6.45, 7) is 1.98. The predicted molar refractivity (Wildman–Crippen MR) is 75.0 cm³/mol. The van der Waals surface area contributed by atoms with Gasteiger partial charge in [-0.1, -0.05) is 54.6 Å². The van der Waals surface area contributed by atoms with Crippen molar-refractivity contribution in [2.24, 2.45) is 0 Å². The van der Waals surface area contributed by atoms with E-state index >= 15 is 0 Å². The summed E-state index contributed by atoms with van der Waals surface area (Å²) >= 11 is 0. The van der Waals surface area contributed by atoms with Crippen molar-refractivity contribution in [2.45, 2.75) is 12.8 Å². The molecular formula is C16H17NO. The molecule has 0 aliphatic carbocycles. The maximum atomic E-state index is 7.68. The summed E-state index contributed by atoms with van der Waals surface area (Å²) in [5, 5.41) is 7.68. The Balaban J connectivity index is 2.23. The average Bonchev–Trinajstić information content (AvgIpc) is 2.47. The smallest absolute Gasteiger partial charge is 0.187 e. The second-order valence-corrected chi connectivity index (χ2v) is 4.28. The van der Waals surface area contributed by atoms with Crippen LogP contribution >= 0.6 is 0 Å². The number of hydrogen-bond donors (Lipinski definition) is 1. The van der Waals surface area contributed by atoms with Crippen molar-refractivity contribution >= 4 is 5.90 Å². The molecule has 0 saturated carbocycles. The lowest BCUT2D eigenvalue weighted by Crippen LogP contribution is -2.09. The van der Waals surface area contributed by atoms with Gasteiger partial charge in [-0.25, -0.2) is 0 Å².